The molecule has 3 aromatic carbocycles. The molecule has 0 atom stereocenters. The first-order valence-corrected chi connectivity index (χ1v) is 10.3. The summed E-state index contributed by atoms with van der Waals surface area (Å²) in [6.07, 6.45) is 0. The van der Waals surface area contributed by atoms with Crippen molar-refractivity contribution in [2.24, 2.45) is 0 Å². The number of carbonyl (C=O) groups excluding carboxylic acids is 1. The summed E-state index contributed by atoms with van der Waals surface area (Å²) in [6.45, 7) is 0. The molecule has 0 aliphatic carbocycles. The number of aromatic nitrogens is 2. The molecule has 2 N–H and O–H groups in total. The molecule has 0 saturated heterocycles. The summed E-state index contributed by atoms with van der Waals surface area (Å²) in [7, 11) is -2.61. The SMILES string of the molecule is COc1cccc(C(=O)Oc2cc(N)n(S(=O)(=O)c3ccc4ccccc4c3)n2)c1. The number of benzene rings is 3. The van der Waals surface area contributed by atoms with E-state index in [0.29, 0.717) is 9.84 Å². The predicted octanol–water partition coefficient (Wildman–Crippen LogP) is 3.08. The first kappa shape index (κ1) is 19.5. The molecule has 0 bridgehead atoms. The first-order chi connectivity index (χ1) is 14.4. The molecule has 30 heavy (non-hydrogen) atoms. The van der Waals surface area contributed by atoms with Crippen molar-refractivity contribution in [3.05, 3.63) is 78.4 Å². The van der Waals surface area contributed by atoms with Gasteiger partial charge in [0.25, 0.3) is 10.0 Å². The van der Waals surface area contributed by atoms with Gasteiger partial charge in [0.2, 0.25) is 5.88 Å². The Kier molecular flexibility index (Phi) is 4.88. The van der Waals surface area contributed by atoms with Gasteiger partial charge in [-0.25, -0.2) is 4.79 Å². The highest BCUT2D eigenvalue weighted by Gasteiger charge is 2.23. The lowest BCUT2D eigenvalue weighted by molar-refractivity contribution is 0.0726. The van der Waals surface area contributed by atoms with Gasteiger partial charge >= 0.3 is 5.97 Å². The van der Waals surface area contributed by atoms with Crippen LogP contribution in [-0.4, -0.2) is 30.7 Å². The Balaban J connectivity index is 1.64. The Morgan fingerprint density at radius 2 is 1.73 bits per heavy atom. The fraction of sp³-hybridized carbons (Fsp3) is 0.0476. The van der Waals surface area contributed by atoms with Crippen molar-refractivity contribution in [3.8, 4) is 11.6 Å². The Labute approximate surface area is 172 Å². The lowest BCUT2D eigenvalue weighted by Crippen LogP contribution is -2.17. The van der Waals surface area contributed by atoms with Gasteiger partial charge in [0.05, 0.1) is 17.6 Å². The van der Waals surface area contributed by atoms with Crippen LogP contribution < -0.4 is 15.2 Å². The van der Waals surface area contributed by atoms with Crippen molar-refractivity contribution in [3.63, 3.8) is 0 Å². The summed E-state index contributed by atoms with van der Waals surface area (Å²) in [5.74, 6) is -0.656. The topological polar surface area (TPSA) is 114 Å². The highest BCUT2D eigenvalue weighted by atomic mass is 32.2. The van der Waals surface area contributed by atoms with Crippen molar-refractivity contribution in [1.82, 2.24) is 9.19 Å². The molecule has 8 nitrogen and oxygen atoms in total. The van der Waals surface area contributed by atoms with Crippen LogP contribution in [0.3, 0.4) is 0 Å². The van der Waals surface area contributed by atoms with Crippen LogP contribution in [0.25, 0.3) is 10.8 Å². The second-order valence-electron chi connectivity index (χ2n) is 6.39. The van der Waals surface area contributed by atoms with Crippen molar-refractivity contribution in [1.29, 1.82) is 0 Å². The minimum Gasteiger partial charge on any atom is -0.497 e. The van der Waals surface area contributed by atoms with Crippen LogP contribution in [-0.2, 0) is 10.0 Å². The third-order valence-electron chi connectivity index (χ3n) is 4.43. The molecule has 0 aliphatic heterocycles. The molecular formula is C21H17N3O5S. The Bertz CT molecular complexity index is 1360. The number of hydrogen-bond donors (Lipinski definition) is 1. The van der Waals surface area contributed by atoms with Gasteiger partial charge in [-0.3, -0.25) is 0 Å². The first-order valence-electron chi connectivity index (χ1n) is 8.84. The fourth-order valence-corrected chi connectivity index (χ4v) is 4.17. The molecule has 0 saturated carbocycles. The second kappa shape index (κ2) is 7.53. The minimum atomic E-state index is -4.08. The molecule has 4 aromatic rings. The van der Waals surface area contributed by atoms with E-state index in [9.17, 15) is 13.2 Å². The zero-order chi connectivity index (χ0) is 21.3. The van der Waals surface area contributed by atoms with Gasteiger partial charge < -0.3 is 15.2 Å². The van der Waals surface area contributed by atoms with E-state index in [1.807, 2.05) is 24.3 Å². The summed E-state index contributed by atoms with van der Waals surface area (Å²) in [6, 6.07) is 19.6. The number of nitrogens with zero attached hydrogens (tertiary/aromatic N) is 2. The van der Waals surface area contributed by atoms with E-state index in [4.69, 9.17) is 15.2 Å². The monoisotopic (exact) mass is 423 g/mol. The van der Waals surface area contributed by atoms with Gasteiger partial charge in [-0.15, -0.1) is 9.19 Å². The number of rotatable bonds is 5. The van der Waals surface area contributed by atoms with E-state index in [0.717, 1.165) is 10.8 Å². The molecule has 0 spiro atoms. The number of anilines is 1. The van der Waals surface area contributed by atoms with E-state index >= 15 is 0 Å². The van der Waals surface area contributed by atoms with Gasteiger partial charge in [-0.2, -0.15) is 8.42 Å². The predicted molar refractivity (Wildman–Crippen MR) is 111 cm³/mol. The average molecular weight is 423 g/mol. The number of nitrogens with two attached hydrogens (primary N) is 1. The minimum absolute atomic E-state index is 0.0154. The molecule has 1 aromatic heterocycles. The van der Waals surface area contributed by atoms with Gasteiger partial charge in [0, 0.05) is 6.07 Å². The van der Waals surface area contributed by atoms with E-state index in [1.165, 1.54) is 37.4 Å². The average Bonchev–Trinajstić information content (AvgIpc) is 3.14. The van der Waals surface area contributed by atoms with Crippen LogP contribution in [0.15, 0.2) is 77.7 Å². The van der Waals surface area contributed by atoms with Crippen LogP contribution in [0.4, 0.5) is 5.82 Å². The van der Waals surface area contributed by atoms with E-state index in [1.54, 1.807) is 18.2 Å². The summed E-state index contributed by atoms with van der Waals surface area (Å²) >= 11 is 0. The van der Waals surface area contributed by atoms with E-state index in [2.05, 4.69) is 5.10 Å². The van der Waals surface area contributed by atoms with Gasteiger partial charge in [-0.1, -0.05) is 36.4 Å². The summed E-state index contributed by atoms with van der Waals surface area (Å²) in [5, 5.41) is 5.53. The van der Waals surface area contributed by atoms with Crippen LogP contribution in [0.5, 0.6) is 11.6 Å². The maximum absolute atomic E-state index is 13.0. The molecular weight excluding hydrogens is 406 g/mol. The molecule has 4 rings (SSSR count). The smallest absolute Gasteiger partial charge is 0.345 e. The van der Waals surface area contributed by atoms with Crippen LogP contribution >= 0.6 is 0 Å². The Morgan fingerprint density at radius 3 is 2.50 bits per heavy atom. The Morgan fingerprint density at radius 1 is 0.967 bits per heavy atom. The van der Waals surface area contributed by atoms with Crippen LogP contribution in [0.1, 0.15) is 10.4 Å². The number of esters is 1. The number of hydrogen-bond acceptors (Lipinski definition) is 7. The largest absolute Gasteiger partial charge is 0.497 e. The zero-order valence-electron chi connectivity index (χ0n) is 15.8. The maximum Gasteiger partial charge on any atom is 0.345 e. The quantitative estimate of drug-likeness (QED) is 0.491. The molecule has 0 aliphatic rings. The highest BCUT2D eigenvalue weighted by molar-refractivity contribution is 7.90. The molecule has 0 amide bonds. The van der Waals surface area contributed by atoms with E-state index in [-0.39, 0.29) is 22.2 Å². The van der Waals surface area contributed by atoms with Crippen molar-refractivity contribution in [2.45, 2.75) is 4.90 Å². The number of nitrogen functional groups attached to an aromatic ring is 1. The molecule has 0 radical (unpaired) electrons. The maximum atomic E-state index is 13.0. The third kappa shape index (κ3) is 3.58. The fourth-order valence-electron chi connectivity index (χ4n) is 2.93. The molecule has 0 unspecified atom stereocenters. The lowest BCUT2D eigenvalue weighted by Gasteiger charge is -2.07. The highest BCUT2D eigenvalue weighted by Crippen LogP contribution is 2.25. The molecule has 0 fully saturated rings. The Hall–Kier alpha value is -3.85. The normalized spacial score (nSPS) is 11.4. The number of fused-ring (bicyclic) bond motifs is 1. The summed E-state index contributed by atoms with van der Waals surface area (Å²) in [4.78, 5) is 12.4. The van der Waals surface area contributed by atoms with Crippen LogP contribution in [0, 0.1) is 0 Å². The van der Waals surface area contributed by atoms with Crippen molar-refractivity contribution >= 4 is 32.6 Å². The van der Waals surface area contributed by atoms with Gasteiger partial charge in [0.1, 0.15) is 11.6 Å². The zero-order valence-corrected chi connectivity index (χ0v) is 16.7. The van der Waals surface area contributed by atoms with Crippen molar-refractivity contribution in [2.75, 3.05) is 12.8 Å². The lowest BCUT2D eigenvalue weighted by atomic mass is 10.1. The van der Waals surface area contributed by atoms with Crippen molar-refractivity contribution < 1.29 is 22.7 Å². The number of carbonyl (C=O) groups is 1. The standard InChI is InChI=1S/C21H17N3O5S/c1-28-17-8-4-7-16(11-17)21(25)29-20-13-19(22)24(23-20)30(26,27)18-10-9-14-5-2-3-6-15(14)12-18/h2-13H,22H2,1H3. The second-order valence-corrected chi connectivity index (χ2v) is 8.15. The van der Waals surface area contributed by atoms with Gasteiger partial charge in [-0.05, 0) is 41.1 Å². The summed E-state index contributed by atoms with van der Waals surface area (Å²) in [5.41, 5.74) is 6.07. The molecule has 152 valence electrons. The molecule has 1 heterocycles. The molecule has 9 heteroatoms. The van der Waals surface area contributed by atoms with Crippen LogP contribution in [0.2, 0.25) is 0 Å². The van der Waals surface area contributed by atoms with Gasteiger partial charge in [0.15, 0.2) is 0 Å². The number of ether oxygens (including phenoxy) is 2. The number of methoxy groups -OCH3 is 1. The third-order valence-corrected chi connectivity index (χ3v) is 6.03. The van der Waals surface area contributed by atoms with E-state index < -0.39 is 16.0 Å². The summed E-state index contributed by atoms with van der Waals surface area (Å²) < 4.78 is 36.9.